The van der Waals surface area contributed by atoms with E-state index in [0.717, 1.165) is 24.8 Å². The van der Waals surface area contributed by atoms with Crippen LogP contribution < -0.4 is 9.62 Å². The van der Waals surface area contributed by atoms with Crippen molar-refractivity contribution < 1.29 is 18.0 Å². The second-order valence-electron chi connectivity index (χ2n) is 7.15. The number of nitrogens with zero attached hydrogens (tertiary/aromatic N) is 2. The lowest BCUT2D eigenvalue weighted by Crippen LogP contribution is -2.46. The van der Waals surface area contributed by atoms with Crippen molar-refractivity contribution in [2.75, 3.05) is 37.3 Å². The van der Waals surface area contributed by atoms with Crippen molar-refractivity contribution in [3.8, 4) is 0 Å². The van der Waals surface area contributed by atoms with Crippen molar-refractivity contribution in [1.29, 1.82) is 0 Å². The number of sulfonamides is 1. The Bertz CT molecular complexity index is 766. The van der Waals surface area contributed by atoms with Gasteiger partial charge in [0.05, 0.1) is 12.2 Å². The van der Waals surface area contributed by atoms with Crippen LogP contribution in [0, 0.1) is 11.8 Å². The average molecular weight is 379 g/mol. The summed E-state index contributed by atoms with van der Waals surface area (Å²) >= 11 is 0. The molecule has 1 N–H and O–H groups in total. The van der Waals surface area contributed by atoms with Gasteiger partial charge in [-0.15, -0.1) is 0 Å². The molecule has 2 fully saturated rings. The summed E-state index contributed by atoms with van der Waals surface area (Å²) in [6.45, 7) is 1.97. The predicted molar refractivity (Wildman–Crippen MR) is 99.1 cm³/mol. The Morgan fingerprint density at radius 1 is 1.23 bits per heavy atom. The van der Waals surface area contributed by atoms with Gasteiger partial charge in [-0.1, -0.05) is 18.2 Å². The Balaban J connectivity index is 1.59. The van der Waals surface area contributed by atoms with Crippen molar-refractivity contribution in [2.24, 2.45) is 11.8 Å². The van der Waals surface area contributed by atoms with Crippen LogP contribution in [0.4, 0.5) is 5.69 Å². The number of benzene rings is 1. The molecule has 142 valence electrons. The van der Waals surface area contributed by atoms with Gasteiger partial charge in [0.2, 0.25) is 21.8 Å². The van der Waals surface area contributed by atoms with Crippen molar-refractivity contribution in [1.82, 2.24) is 9.62 Å². The number of carbonyl (C=O) groups excluding carboxylic acids is 2. The second kappa shape index (κ2) is 7.75. The molecule has 0 bridgehead atoms. The standard InChI is InChI=1S/C18H25N3O4S/c1-26(24,25)19-11-14-6-5-9-20(12-14)18(23)15-10-17(22)21(13-15)16-7-3-2-4-8-16/h2-4,7-8,14-15,19H,5-6,9-13H2,1H3/t14-,15+/m0/s1. The molecule has 26 heavy (non-hydrogen) atoms. The summed E-state index contributed by atoms with van der Waals surface area (Å²) in [6.07, 6.45) is 3.12. The Labute approximate surface area is 154 Å². The maximum atomic E-state index is 12.9. The van der Waals surface area contributed by atoms with Crippen LogP contribution in [0.25, 0.3) is 0 Å². The van der Waals surface area contributed by atoms with Crippen molar-refractivity contribution in [3.05, 3.63) is 30.3 Å². The molecule has 1 aromatic carbocycles. The third-order valence-electron chi connectivity index (χ3n) is 5.01. The van der Waals surface area contributed by atoms with Gasteiger partial charge in [0.25, 0.3) is 0 Å². The number of hydrogen-bond donors (Lipinski definition) is 1. The van der Waals surface area contributed by atoms with E-state index < -0.39 is 10.0 Å². The maximum Gasteiger partial charge on any atom is 0.228 e. The highest BCUT2D eigenvalue weighted by atomic mass is 32.2. The van der Waals surface area contributed by atoms with E-state index in [9.17, 15) is 18.0 Å². The molecule has 0 spiro atoms. The summed E-state index contributed by atoms with van der Waals surface area (Å²) < 4.78 is 25.1. The van der Waals surface area contributed by atoms with Gasteiger partial charge >= 0.3 is 0 Å². The molecular formula is C18H25N3O4S. The Morgan fingerprint density at radius 2 is 1.96 bits per heavy atom. The summed E-state index contributed by atoms with van der Waals surface area (Å²) in [5.74, 6) is -0.239. The molecule has 0 saturated carbocycles. The summed E-state index contributed by atoms with van der Waals surface area (Å²) in [5, 5.41) is 0. The number of anilines is 1. The summed E-state index contributed by atoms with van der Waals surface area (Å²) in [5.41, 5.74) is 0.821. The molecule has 0 aliphatic carbocycles. The first-order valence-corrected chi connectivity index (χ1v) is 10.8. The van der Waals surface area contributed by atoms with Gasteiger partial charge in [-0.05, 0) is 30.9 Å². The average Bonchev–Trinajstić information content (AvgIpc) is 3.01. The van der Waals surface area contributed by atoms with E-state index in [1.54, 1.807) is 9.80 Å². The third kappa shape index (κ3) is 4.62. The van der Waals surface area contributed by atoms with Crippen LogP contribution in [-0.4, -0.2) is 57.6 Å². The highest BCUT2D eigenvalue weighted by molar-refractivity contribution is 7.88. The van der Waals surface area contributed by atoms with Crippen molar-refractivity contribution in [3.63, 3.8) is 0 Å². The summed E-state index contributed by atoms with van der Waals surface area (Å²) in [6, 6.07) is 9.39. The van der Waals surface area contributed by atoms with E-state index in [4.69, 9.17) is 0 Å². The highest BCUT2D eigenvalue weighted by Gasteiger charge is 2.38. The van der Waals surface area contributed by atoms with Crippen LogP contribution in [0.15, 0.2) is 30.3 Å². The lowest BCUT2D eigenvalue weighted by Gasteiger charge is -2.34. The number of carbonyl (C=O) groups is 2. The minimum absolute atomic E-state index is 0.000775. The Kier molecular flexibility index (Phi) is 5.62. The number of likely N-dealkylation sites (tertiary alicyclic amines) is 1. The topological polar surface area (TPSA) is 86.8 Å². The van der Waals surface area contributed by atoms with E-state index in [1.807, 2.05) is 30.3 Å². The van der Waals surface area contributed by atoms with Crippen LogP contribution in [0.1, 0.15) is 19.3 Å². The summed E-state index contributed by atoms with van der Waals surface area (Å²) in [4.78, 5) is 28.7. The molecule has 1 aromatic rings. The van der Waals surface area contributed by atoms with Crippen molar-refractivity contribution in [2.45, 2.75) is 19.3 Å². The molecule has 2 aliphatic heterocycles. The van der Waals surface area contributed by atoms with Gasteiger partial charge in [0.15, 0.2) is 0 Å². The minimum atomic E-state index is -3.23. The molecule has 2 aliphatic rings. The first-order valence-electron chi connectivity index (χ1n) is 8.92. The largest absolute Gasteiger partial charge is 0.342 e. The van der Waals surface area contributed by atoms with Gasteiger partial charge in [-0.2, -0.15) is 0 Å². The number of rotatable bonds is 5. The SMILES string of the molecule is CS(=O)(=O)NC[C@@H]1CCCN(C(=O)[C@@H]2CC(=O)N(c3ccccc3)C2)C1. The fourth-order valence-electron chi connectivity index (χ4n) is 3.69. The first-order chi connectivity index (χ1) is 12.3. The fourth-order valence-corrected chi connectivity index (χ4v) is 4.23. The van der Waals surface area contributed by atoms with Gasteiger partial charge < -0.3 is 9.80 Å². The van der Waals surface area contributed by atoms with E-state index >= 15 is 0 Å². The predicted octanol–water partition coefficient (Wildman–Crippen LogP) is 0.827. The zero-order valence-electron chi connectivity index (χ0n) is 14.9. The number of para-hydroxylation sites is 1. The zero-order chi connectivity index (χ0) is 18.7. The normalized spacial score (nSPS) is 24.1. The molecule has 0 unspecified atom stereocenters. The van der Waals surface area contributed by atoms with Gasteiger partial charge in [0.1, 0.15) is 0 Å². The van der Waals surface area contributed by atoms with Crippen LogP contribution >= 0.6 is 0 Å². The second-order valence-corrected chi connectivity index (χ2v) is 8.99. The van der Waals surface area contributed by atoms with E-state index in [-0.39, 0.29) is 30.1 Å². The Morgan fingerprint density at radius 3 is 2.65 bits per heavy atom. The van der Waals surface area contributed by atoms with Crippen LogP contribution in [0.3, 0.4) is 0 Å². The zero-order valence-corrected chi connectivity index (χ0v) is 15.7. The van der Waals surface area contributed by atoms with Crippen LogP contribution in [0.2, 0.25) is 0 Å². The maximum absolute atomic E-state index is 12.9. The quantitative estimate of drug-likeness (QED) is 0.821. The van der Waals surface area contributed by atoms with E-state index in [0.29, 0.717) is 26.2 Å². The molecule has 8 heteroatoms. The molecule has 0 radical (unpaired) electrons. The summed E-state index contributed by atoms with van der Waals surface area (Å²) in [7, 11) is -3.23. The molecule has 3 rings (SSSR count). The lowest BCUT2D eigenvalue weighted by atomic mass is 9.96. The third-order valence-corrected chi connectivity index (χ3v) is 5.70. The smallest absolute Gasteiger partial charge is 0.228 e. The number of nitrogens with one attached hydrogen (secondary N) is 1. The highest BCUT2D eigenvalue weighted by Crippen LogP contribution is 2.27. The molecule has 2 amide bonds. The van der Waals surface area contributed by atoms with Crippen LogP contribution in [0.5, 0.6) is 0 Å². The van der Waals surface area contributed by atoms with Gasteiger partial charge in [-0.25, -0.2) is 13.1 Å². The molecule has 2 atom stereocenters. The molecule has 2 saturated heterocycles. The minimum Gasteiger partial charge on any atom is -0.342 e. The first kappa shape index (κ1) is 18.8. The van der Waals surface area contributed by atoms with Crippen LogP contribution in [-0.2, 0) is 19.6 Å². The fraction of sp³-hybridized carbons (Fsp3) is 0.556. The molecular weight excluding hydrogens is 354 g/mol. The molecule has 0 aromatic heterocycles. The number of amides is 2. The lowest BCUT2D eigenvalue weighted by molar-refractivity contribution is -0.137. The number of piperidine rings is 1. The van der Waals surface area contributed by atoms with Gasteiger partial charge in [-0.3, -0.25) is 9.59 Å². The van der Waals surface area contributed by atoms with Gasteiger partial charge in [0, 0.05) is 38.3 Å². The number of hydrogen-bond acceptors (Lipinski definition) is 4. The molecule has 2 heterocycles. The molecule has 7 nitrogen and oxygen atoms in total. The monoisotopic (exact) mass is 379 g/mol. The van der Waals surface area contributed by atoms with E-state index in [1.165, 1.54) is 0 Å². The Hall–Kier alpha value is -1.93. The van der Waals surface area contributed by atoms with E-state index in [2.05, 4.69) is 4.72 Å². The van der Waals surface area contributed by atoms with Crippen molar-refractivity contribution >= 4 is 27.5 Å².